The van der Waals surface area contributed by atoms with Crippen LogP contribution in [0.1, 0.15) is 34.8 Å². The number of rotatable bonds is 2. The predicted molar refractivity (Wildman–Crippen MR) is 57.4 cm³/mol. The molecule has 1 fully saturated rings. The zero-order valence-electron chi connectivity index (χ0n) is 8.84. The molecule has 5 nitrogen and oxygen atoms in total. The summed E-state index contributed by atoms with van der Waals surface area (Å²) in [5.74, 6) is -0.459. The number of aromatic carboxylic acids is 1. The summed E-state index contributed by atoms with van der Waals surface area (Å²) < 4.78 is 1.77. The van der Waals surface area contributed by atoms with Crippen molar-refractivity contribution in [1.29, 1.82) is 0 Å². The quantitative estimate of drug-likeness (QED) is 0.828. The lowest BCUT2D eigenvalue weighted by Crippen LogP contribution is -2.00. The predicted octanol–water partition coefficient (Wildman–Crippen LogP) is 1.54. The van der Waals surface area contributed by atoms with Crippen LogP contribution in [-0.4, -0.2) is 25.8 Å². The molecule has 82 valence electrons. The molecule has 3 rings (SSSR count). The molecule has 0 saturated heterocycles. The number of aromatic nitrogens is 3. The number of nitrogens with zero attached hydrogens (tertiary/aromatic N) is 3. The van der Waals surface area contributed by atoms with Crippen molar-refractivity contribution in [2.45, 2.75) is 18.8 Å². The maximum absolute atomic E-state index is 11.2. The normalized spacial score (nSPS) is 15.6. The Bertz CT molecular complexity index is 584. The molecule has 0 bridgehead atoms. The molecule has 2 aromatic rings. The van der Waals surface area contributed by atoms with E-state index in [0.29, 0.717) is 22.5 Å². The summed E-state index contributed by atoms with van der Waals surface area (Å²) >= 11 is 0. The molecular formula is C11H11N3O2. The number of hydrogen-bond donors (Lipinski definition) is 1. The van der Waals surface area contributed by atoms with Gasteiger partial charge >= 0.3 is 5.97 Å². The fourth-order valence-electron chi connectivity index (χ4n) is 2.14. The molecule has 5 heteroatoms. The van der Waals surface area contributed by atoms with Crippen molar-refractivity contribution in [3.8, 4) is 0 Å². The van der Waals surface area contributed by atoms with Gasteiger partial charge < -0.3 is 5.11 Å². The van der Waals surface area contributed by atoms with Crippen LogP contribution in [0.3, 0.4) is 0 Å². The average Bonchev–Trinajstić information content (AvgIpc) is 3.00. The van der Waals surface area contributed by atoms with Crippen LogP contribution in [0.5, 0.6) is 0 Å². The molecule has 0 unspecified atom stereocenters. The maximum Gasteiger partial charge on any atom is 0.336 e. The largest absolute Gasteiger partial charge is 0.478 e. The maximum atomic E-state index is 11.2. The van der Waals surface area contributed by atoms with Crippen molar-refractivity contribution in [1.82, 2.24) is 14.8 Å². The number of carbonyl (C=O) groups is 1. The topological polar surface area (TPSA) is 68.0 Å². The SMILES string of the molecule is Cn1nc2nccc(C(=O)O)c2c1C1CC1. The molecule has 0 amide bonds. The Morgan fingerprint density at radius 3 is 2.94 bits per heavy atom. The number of pyridine rings is 1. The smallest absolute Gasteiger partial charge is 0.336 e. The van der Waals surface area contributed by atoms with Crippen molar-refractivity contribution in [2.75, 3.05) is 0 Å². The van der Waals surface area contributed by atoms with Crippen LogP contribution in [0.25, 0.3) is 11.0 Å². The van der Waals surface area contributed by atoms with Crippen molar-refractivity contribution < 1.29 is 9.90 Å². The van der Waals surface area contributed by atoms with Crippen molar-refractivity contribution in [2.24, 2.45) is 7.05 Å². The molecule has 0 radical (unpaired) electrons. The molecule has 2 heterocycles. The van der Waals surface area contributed by atoms with E-state index in [1.54, 1.807) is 4.68 Å². The summed E-state index contributed by atoms with van der Waals surface area (Å²) in [5, 5.41) is 14.1. The minimum absolute atomic E-state index is 0.306. The molecule has 1 N–H and O–H groups in total. The van der Waals surface area contributed by atoms with Gasteiger partial charge in [0.2, 0.25) is 0 Å². The van der Waals surface area contributed by atoms with E-state index in [1.807, 2.05) is 7.05 Å². The summed E-state index contributed by atoms with van der Waals surface area (Å²) in [6.07, 6.45) is 3.72. The molecule has 1 aliphatic rings. The molecule has 0 spiro atoms. The van der Waals surface area contributed by atoms with Crippen LogP contribution in [0.2, 0.25) is 0 Å². The van der Waals surface area contributed by atoms with E-state index in [0.717, 1.165) is 18.5 Å². The van der Waals surface area contributed by atoms with Gasteiger partial charge in [-0.25, -0.2) is 9.78 Å². The lowest BCUT2D eigenvalue weighted by Gasteiger charge is -2.01. The highest BCUT2D eigenvalue weighted by Gasteiger charge is 2.31. The van der Waals surface area contributed by atoms with Crippen LogP contribution >= 0.6 is 0 Å². The highest BCUT2D eigenvalue weighted by atomic mass is 16.4. The lowest BCUT2D eigenvalue weighted by atomic mass is 10.1. The second kappa shape index (κ2) is 3.04. The summed E-state index contributed by atoms with van der Waals surface area (Å²) in [6.45, 7) is 0. The van der Waals surface area contributed by atoms with Crippen LogP contribution in [-0.2, 0) is 7.05 Å². The van der Waals surface area contributed by atoms with Gasteiger partial charge in [-0.15, -0.1) is 0 Å². The van der Waals surface area contributed by atoms with E-state index in [-0.39, 0.29) is 0 Å². The molecule has 2 aromatic heterocycles. The van der Waals surface area contributed by atoms with E-state index in [9.17, 15) is 4.79 Å². The van der Waals surface area contributed by atoms with Gasteiger partial charge in [0.1, 0.15) is 0 Å². The standard InChI is InChI=1S/C11H11N3O2/c1-14-9(6-2-3-6)8-7(11(15)16)4-5-12-10(8)13-14/h4-6H,2-3H2,1H3,(H,15,16). The monoisotopic (exact) mass is 217 g/mol. The Balaban J connectivity index is 2.38. The van der Waals surface area contributed by atoms with Gasteiger partial charge in [-0.1, -0.05) is 0 Å². The van der Waals surface area contributed by atoms with Crippen molar-refractivity contribution in [3.63, 3.8) is 0 Å². The zero-order valence-corrected chi connectivity index (χ0v) is 8.84. The molecule has 0 aromatic carbocycles. The number of aryl methyl sites for hydroxylation is 1. The second-order valence-corrected chi connectivity index (χ2v) is 4.15. The van der Waals surface area contributed by atoms with Gasteiger partial charge in [0.15, 0.2) is 5.65 Å². The highest BCUT2D eigenvalue weighted by Crippen LogP contribution is 2.43. The van der Waals surface area contributed by atoms with Crippen molar-refractivity contribution in [3.05, 3.63) is 23.5 Å². The second-order valence-electron chi connectivity index (χ2n) is 4.15. The number of carboxylic acids is 1. The fourth-order valence-corrected chi connectivity index (χ4v) is 2.14. The Hall–Kier alpha value is -1.91. The molecule has 0 aliphatic heterocycles. The third kappa shape index (κ3) is 1.21. The first-order valence-electron chi connectivity index (χ1n) is 5.23. The number of carboxylic acid groups (broad SMARTS) is 1. The van der Waals surface area contributed by atoms with Crippen molar-refractivity contribution >= 4 is 17.0 Å². The van der Waals surface area contributed by atoms with E-state index in [4.69, 9.17) is 5.11 Å². The minimum atomic E-state index is -0.915. The van der Waals surface area contributed by atoms with Crippen LogP contribution in [0.4, 0.5) is 0 Å². The van der Waals surface area contributed by atoms with Gasteiger partial charge in [-0.2, -0.15) is 5.10 Å². The third-order valence-electron chi connectivity index (χ3n) is 2.97. The van der Waals surface area contributed by atoms with Gasteiger partial charge in [0, 0.05) is 19.2 Å². The Morgan fingerprint density at radius 1 is 1.56 bits per heavy atom. The van der Waals surface area contributed by atoms with E-state index >= 15 is 0 Å². The first-order valence-corrected chi connectivity index (χ1v) is 5.23. The zero-order chi connectivity index (χ0) is 11.3. The molecule has 16 heavy (non-hydrogen) atoms. The molecule has 0 atom stereocenters. The Kier molecular flexibility index (Phi) is 1.77. The van der Waals surface area contributed by atoms with Crippen LogP contribution < -0.4 is 0 Å². The summed E-state index contributed by atoms with van der Waals surface area (Å²) in [7, 11) is 1.85. The molecular weight excluding hydrogens is 206 g/mol. The summed E-state index contributed by atoms with van der Waals surface area (Å²) in [4.78, 5) is 15.3. The molecule has 1 aliphatic carbocycles. The summed E-state index contributed by atoms with van der Waals surface area (Å²) in [6, 6.07) is 1.54. The Labute approximate surface area is 91.7 Å². The number of hydrogen-bond acceptors (Lipinski definition) is 3. The first-order chi connectivity index (χ1) is 7.68. The first kappa shape index (κ1) is 9.33. The van der Waals surface area contributed by atoms with Gasteiger partial charge in [0.25, 0.3) is 0 Å². The number of fused-ring (bicyclic) bond motifs is 1. The average molecular weight is 217 g/mol. The van der Waals surface area contributed by atoms with E-state index in [2.05, 4.69) is 10.1 Å². The van der Waals surface area contributed by atoms with Gasteiger partial charge in [0.05, 0.1) is 16.6 Å². The van der Waals surface area contributed by atoms with Crippen LogP contribution in [0, 0.1) is 0 Å². The lowest BCUT2D eigenvalue weighted by molar-refractivity contribution is 0.0699. The Morgan fingerprint density at radius 2 is 2.31 bits per heavy atom. The van der Waals surface area contributed by atoms with E-state index in [1.165, 1.54) is 12.3 Å². The van der Waals surface area contributed by atoms with Gasteiger partial charge in [-0.05, 0) is 18.9 Å². The minimum Gasteiger partial charge on any atom is -0.478 e. The molecule has 1 saturated carbocycles. The summed E-state index contributed by atoms with van der Waals surface area (Å²) in [5.41, 5.74) is 1.85. The third-order valence-corrected chi connectivity index (χ3v) is 2.97. The van der Waals surface area contributed by atoms with Gasteiger partial charge in [-0.3, -0.25) is 4.68 Å². The fraction of sp³-hybridized carbons (Fsp3) is 0.364. The highest BCUT2D eigenvalue weighted by molar-refractivity contribution is 6.02. The van der Waals surface area contributed by atoms with Crippen LogP contribution in [0.15, 0.2) is 12.3 Å². The van der Waals surface area contributed by atoms with E-state index < -0.39 is 5.97 Å².